The Bertz CT molecular complexity index is 986. The van der Waals surface area contributed by atoms with Crippen LogP contribution in [-0.4, -0.2) is 36.0 Å². The summed E-state index contributed by atoms with van der Waals surface area (Å²) in [5, 5.41) is 3.82. The number of aromatic amines is 1. The lowest BCUT2D eigenvalue weighted by molar-refractivity contribution is -0.182. The normalized spacial score (nSPS) is 23.9. The van der Waals surface area contributed by atoms with E-state index >= 15 is 0 Å². The fraction of sp³-hybridized carbons (Fsp3) is 0.524. The van der Waals surface area contributed by atoms with Crippen LogP contribution in [0.5, 0.6) is 0 Å². The minimum absolute atomic E-state index is 0.0580. The fourth-order valence-corrected chi connectivity index (χ4v) is 4.76. The maximum atomic E-state index is 13.2. The molecule has 2 aromatic rings. The van der Waals surface area contributed by atoms with Crippen LogP contribution in [0.3, 0.4) is 0 Å². The van der Waals surface area contributed by atoms with Crippen molar-refractivity contribution in [3.8, 4) is 0 Å². The predicted octanol–water partition coefficient (Wildman–Crippen LogP) is 4.74. The summed E-state index contributed by atoms with van der Waals surface area (Å²) in [7, 11) is 1.80. The molecule has 10 heteroatoms. The van der Waals surface area contributed by atoms with Crippen molar-refractivity contribution < 1.29 is 13.2 Å². The molecule has 1 aromatic heterocycles. The molecular weight excluding hydrogens is 431 g/mol. The smallest absolute Gasteiger partial charge is 0.322 e. The summed E-state index contributed by atoms with van der Waals surface area (Å²) < 4.78 is 39.1. The molecule has 0 spiro atoms. The molecule has 4 rings (SSSR count). The molecule has 2 N–H and O–H groups in total. The van der Waals surface area contributed by atoms with Gasteiger partial charge in [-0.25, -0.2) is 4.98 Å². The number of benzene rings is 1. The lowest BCUT2D eigenvalue weighted by Crippen LogP contribution is -2.50. The van der Waals surface area contributed by atoms with Crippen LogP contribution in [0.1, 0.15) is 44.3 Å². The van der Waals surface area contributed by atoms with Gasteiger partial charge in [-0.1, -0.05) is 11.6 Å². The average Bonchev–Trinajstić information content (AvgIpc) is 3.07. The highest BCUT2D eigenvalue weighted by Crippen LogP contribution is 2.44. The van der Waals surface area contributed by atoms with E-state index in [4.69, 9.17) is 16.6 Å². The Labute approximate surface area is 183 Å². The van der Waals surface area contributed by atoms with Gasteiger partial charge in [-0.15, -0.1) is 0 Å². The maximum Gasteiger partial charge on any atom is 0.391 e. The molecule has 1 fully saturated rings. The van der Waals surface area contributed by atoms with E-state index in [0.717, 1.165) is 5.69 Å². The minimum Gasteiger partial charge on any atom is -0.322 e. The largest absolute Gasteiger partial charge is 0.391 e. The van der Waals surface area contributed by atoms with Crippen LogP contribution < -0.4 is 20.7 Å². The van der Waals surface area contributed by atoms with Gasteiger partial charge in [-0.3, -0.25) is 15.0 Å². The van der Waals surface area contributed by atoms with E-state index < -0.39 is 12.1 Å². The highest BCUT2D eigenvalue weighted by atomic mass is 35.5. The van der Waals surface area contributed by atoms with Gasteiger partial charge in [0.15, 0.2) is 17.8 Å². The molecule has 2 heterocycles. The number of rotatable bonds is 4. The van der Waals surface area contributed by atoms with Crippen molar-refractivity contribution in [2.75, 3.05) is 23.4 Å². The Morgan fingerprint density at radius 3 is 2.39 bits per heavy atom. The lowest BCUT2D eigenvalue weighted by atomic mass is 9.81. The van der Waals surface area contributed by atoms with Crippen LogP contribution in [0.25, 0.3) is 0 Å². The Kier molecular flexibility index (Phi) is 5.91. The van der Waals surface area contributed by atoms with Gasteiger partial charge in [-0.2, -0.15) is 13.2 Å². The molecule has 2 aliphatic rings. The van der Waals surface area contributed by atoms with E-state index in [-0.39, 0.29) is 30.6 Å². The number of hydrogen-bond donors (Lipinski definition) is 2. The first-order chi connectivity index (χ1) is 14.7. The van der Waals surface area contributed by atoms with Crippen molar-refractivity contribution in [2.24, 2.45) is 5.92 Å². The summed E-state index contributed by atoms with van der Waals surface area (Å²) in [5.74, 6) is -0.455. The van der Waals surface area contributed by atoms with Crippen LogP contribution >= 0.6 is 11.6 Å². The average molecular weight is 456 g/mol. The van der Waals surface area contributed by atoms with Crippen molar-refractivity contribution in [1.29, 1.82) is 0 Å². The van der Waals surface area contributed by atoms with Crippen LogP contribution in [0.15, 0.2) is 29.1 Å². The number of alkyl halides is 3. The molecular formula is C21H25ClF3N5O. The van der Waals surface area contributed by atoms with Gasteiger partial charge in [0, 0.05) is 23.2 Å². The Morgan fingerprint density at radius 1 is 1.19 bits per heavy atom. The number of nitrogens with one attached hydrogen (secondary N) is 2. The topological polar surface area (TPSA) is 64.3 Å². The van der Waals surface area contributed by atoms with Gasteiger partial charge in [0.1, 0.15) is 5.82 Å². The number of nitrogens with zero attached hydrogens (tertiary/aromatic N) is 3. The first kappa shape index (κ1) is 22.0. The third kappa shape index (κ3) is 4.01. The van der Waals surface area contributed by atoms with E-state index in [9.17, 15) is 18.0 Å². The van der Waals surface area contributed by atoms with E-state index in [1.807, 2.05) is 28.9 Å². The quantitative estimate of drug-likeness (QED) is 0.697. The SMILES string of the molecule is CCN1c2nc(C3CCC(C(F)(F)F)CC3)[nH]c(=O)c2N(c2ccc(Cl)cc2)C1NC. The van der Waals surface area contributed by atoms with Crippen LogP contribution in [0, 0.1) is 5.92 Å². The van der Waals surface area contributed by atoms with Gasteiger partial charge in [-0.05, 0) is 63.9 Å². The predicted molar refractivity (Wildman–Crippen MR) is 115 cm³/mol. The molecule has 6 nitrogen and oxygen atoms in total. The van der Waals surface area contributed by atoms with Gasteiger partial charge in [0.25, 0.3) is 5.56 Å². The maximum absolute atomic E-state index is 13.2. The number of anilines is 3. The van der Waals surface area contributed by atoms with Gasteiger partial charge < -0.3 is 9.88 Å². The molecule has 0 saturated heterocycles. The molecule has 31 heavy (non-hydrogen) atoms. The van der Waals surface area contributed by atoms with Gasteiger partial charge >= 0.3 is 6.18 Å². The summed E-state index contributed by atoms with van der Waals surface area (Å²) in [6.45, 7) is 2.57. The van der Waals surface area contributed by atoms with E-state index in [1.165, 1.54) is 0 Å². The molecule has 1 unspecified atom stereocenters. The van der Waals surface area contributed by atoms with Crippen molar-refractivity contribution in [2.45, 2.75) is 51.0 Å². The standard InChI is InChI=1S/C21H25ClF3N5O/c1-3-29-18-16(30(20(29)26-2)15-10-8-14(22)9-11-15)19(31)28-17(27-18)12-4-6-13(7-5-12)21(23,24)25/h8-13,20,26H,3-7H2,1-2H3,(H,27,28,31). The summed E-state index contributed by atoms with van der Waals surface area (Å²) in [5.41, 5.74) is 0.895. The monoisotopic (exact) mass is 455 g/mol. The van der Waals surface area contributed by atoms with Crippen molar-refractivity contribution in [3.63, 3.8) is 0 Å². The summed E-state index contributed by atoms with van der Waals surface area (Å²) >= 11 is 6.03. The first-order valence-corrected chi connectivity index (χ1v) is 10.8. The van der Waals surface area contributed by atoms with E-state index in [2.05, 4.69) is 10.3 Å². The summed E-state index contributed by atoms with van der Waals surface area (Å²) in [6, 6.07) is 7.18. The number of aromatic nitrogens is 2. The van der Waals surface area contributed by atoms with Crippen molar-refractivity contribution >= 4 is 28.8 Å². The number of fused-ring (bicyclic) bond motifs is 1. The summed E-state index contributed by atoms with van der Waals surface area (Å²) in [4.78, 5) is 24.6. The third-order valence-corrected chi connectivity index (χ3v) is 6.48. The molecule has 1 atom stereocenters. The number of halogens is 4. The molecule has 1 aliphatic heterocycles. The molecule has 1 aliphatic carbocycles. The third-order valence-electron chi connectivity index (χ3n) is 6.23. The van der Waals surface area contributed by atoms with Crippen LogP contribution in [-0.2, 0) is 0 Å². The van der Waals surface area contributed by atoms with E-state index in [1.54, 1.807) is 19.2 Å². The summed E-state index contributed by atoms with van der Waals surface area (Å²) in [6.07, 6.45) is -3.67. The van der Waals surface area contributed by atoms with Crippen molar-refractivity contribution in [1.82, 2.24) is 15.3 Å². The van der Waals surface area contributed by atoms with Crippen LogP contribution in [0.2, 0.25) is 5.02 Å². The first-order valence-electron chi connectivity index (χ1n) is 10.4. The zero-order valence-electron chi connectivity index (χ0n) is 17.3. The van der Waals surface area contributed by atoms with E-state index in [0.29, 0.717) is 41.7 Å². The number of hydrogen-bond acceptors (Lipinski definition) is 5. The highest BCUT2D eigenvalue weighted by molar-refractivity contribution is 6.30. The highest BCUT2D eigenvalue weighted by Gasteiger charge is 2.43. The molecule has 0 bridgehead atoms. The molecule has 1 saturated carbocycles. The molecule has 0 radical (unpaired) electrons. The molecule has 1 aromatic carbocycles. The Morgan fingerprint density at radius 2 is 1.84 bits per heavy atom. The van der Waals surface area contributed by atoms with Crippen LogP contribution in [0.4, 0.5) is 30.4 Å². The second-order valence-corrected chi connectivity index (χ2v) is 8.44. The fourth-order valence-electron chi connectivity index (χ4n) is 4.63. The number of H-pyrrole nitrogens is 1. The van der Waals surface area contributed by atoms with Crippen molar-refractivity contribution in [3.05, 3.63) is 45.5 Å². The van der Waals surface area contributed by atoms with Gasteiger partial charge in [0.05, 0.1) is 5.92 Å². The zero-order chi connectivity index (χ0) is 22.3. The minimum atomic E-state index is -4.16. The molecule has 168 valence electrons. The Balaban J connectivity index is 1.70. The lowest BCUT2D eigenvalue weighted by Gasteiger charge is -2.31. The second-order valence-electron chi connectivity index (χ2n) is 8.01. The Hall–Kier alpha value is -2.26. The second kappa shape index (κ2) is 8.35. The zero-order valence-corrected chi connectivity index (χ0v) is 18.1. The van der Waals surface area contributed by atoms with Gasteiger partial charge in [0.2, 0.25) is 0 Å². The molecule has 0 amide bonds.